The van der Waals surface area contributed by atoms with E-state index in [0.717, 1.165) is 21.0 Å². The van der Waals surface area contributed by atoms with Crippen LogP contribution in [0, 0.1) is 5.92 Å². The molecule has 3 aliphatic rings. The predicted molar refractivity (Wildman–Crippen MR) is 112 cm³/mol. The number of aliphatic hydroxyl groups is 1. The van der Waals surface area contributed by atoms with Gasteiger partial charge in [-0.05, 0) is 26.7 Å². The number of hydrogen-bond donors (Lipinski definition) is 1. The summed E-state index contributed by atoms with van der Waals surface area (Å²) >= 11 is 5.71. The minimum atomic E-state index is -2.10. The zero-order valence-electron chi connectivity index (χ0n) is 18.8. The molecule has 33 heavy (non-hydrogen) atoms. The molecule has 10 nitrogen and oxygen atoms in total. The third-order valence-electron chi connectivity index (χ3n) is 6.12. The van der Waals surface area contributed by atoms with Gasteiger partial charge in [0.2, 0.25) is 0 Å². The lowest BCUT2D eigenvalue weighted by Gasteiger charge is -2.35. The summed E-state index contributed by atoms with van der Waals surface area (Å²) in [5, 5.41) is 10.3. The molecule has 0 radical (unpaired) electrons. The summed E-state index contributed by atoms with van der Waals surface area (Å²) in [6.07, 6.45) is -2.09. The van der Waals surface area contributed by atoms with Crippen molar-refractivity contribution in [2.45, 2.75) is 69.2 Å². The van der Waals surface area contributed by atoms with Gasteiger partial charge in [-0.25, -0.2) is 14.4 Å². The van der Waals surface area contributed by atoms with E-state index in [0.29, 0.717) is 12.8 Å². The maximum atomic E-state index is 12.8. The van der Waals surface area contributed by atoms with E-state index in [1.54, 1.807) is 0 Å². The monoisotopic (exact) mass is 486 g/mol. The summed E-state index contributed by atoms with van der Waals surface area (Å²) in [6, 6.07) is 0. The zero-order valence-corrected chi connectivity index (χ0v) is 19.5. The van der Waals surface area contributed by atoms with Crippen LogP contribution in [-0.4, -0.2) is 77.6 Å². The van der Waals surface area contributed by atoms with Gasteiger partial charge in [0.15, 0.2) is 17.8 Å². The van der Waals surface area contributed by atoms with Crippen molar-refractivity contribution in [3.8, 4) is 0 Å². The molecule has 2 fully saturated rings. The molecule has 0 spiro atoms. The minimum absolute atomic E-state index is 0.0527. The Morgan fingerprint density at radius 1 is 1.36 bits per heavy atom. The molecule has 1 aliphatic carbocycles. The van der Waals surface area contributed by atoms with E-state index in [1.165, 1.54) is 6.08 Å². The van der Waals surface area contributed by atoms with Crippen LogP contribution in [0.15, 0.2) is 23.8 Å². The van der Waals surface area contributed by atoms with Crippen LogP contribution >= 0.6 is 11.6 Å². The maximum Gasteiger partial charge on any atom is 0.339 e. The summed E-state index contributed by atoms with van der Waals surface area (Å²) in [6.45, 7) is 7.87. The second-order valence-corrected chi connectivity index (χ2v) is 9.04. The summed E-state index contributed by atoms with van der Waals surface area (Å²) in [7, 11) is 1.15. The van der Waals surface area contributed by atoms with E-state index < -0.39 is 71.3 Å². The molecule has 3 rings (SSSR count). The first-order chi connectivity index (χ1) is 15.4. The highest BCUT2D eigenvalue weighted by Crippen LogP contribution is 2.50. The second kappa shape index (κ2) is 9.08. The molecular formula is C22H27ClO10. The quantitative estimate of drug-likeness (QED) is 0.196. The number of carbonyl (C=O) groups excluding carboxylic acids is 4. The fourth-order valence-corrected chi connectivity index (χ4v) is 4.29. The third-order valence-corrected chi connectivity index (χ3v) is 6.64. The average Bonchev–Trinajstić information content (AvgIpc) is 3.34. The Hall–Kier alpha value is -2.43. The molecular weight excluding hydrogens is 460 g/mol. The van der Waals surface area contributed by atoms with Crippen molar-refractivity contribution >= 4 is 35.5 Å². The molecule has 0 aromatic rings. The molecule has 0 aromatic heterocycles. The molecule has 0 unspecified atom stereocenters. The second-order valence-electron chi connectivity index (χ2n) is 8.77. The number of hydrogen-bond acceptors (Lipinski definition) is 10. The Kier molecular flexibility index (Phi) is 6.93. The Labute approximate surface area is 195 Å². The Bertz CT molecular complexity index is 909. The molecule has 0 aromatic carbocycles. The Morgan fingerprint density at radius 2 is 2.03 bits per heavy atom. The van der Waals surface area contributed by atoms with Gasteiger partial charge in [0.1, 0.15) is 12.2 Å². The first-order valence-corrected chi connectivity index (χ1v) is 10.9. The van der Waals surface area contributed by atoms with Crippen molar-refractivity contribution in [2.24, 2.45) is 5.92 Å². The fraction of sp³-hybridized carbons (Fsp3) is 0.636. The van der Waals surface area contributed by atoms with E-state index in [4.69, 9.17) is 35.3 Å². The molecule has 1 N–H and O–H groups in total. The topological polar surface area (TPSA) is 138 Å². The first kappa shape index (κ1) is 25.2. The molecule has 0 bridgehead atoms. The number of carbonyl (C=O) groups is 4. The van der Waals surface area contributed by atoms with Gasteiger partial charge in [0.05, 0.1) is 30.1 Å². The van der Waals surface area contributed by atoms with Crippen LogP contribution in [0.25, 0.3) is 0 Å². The van der Waals surface area contributed by atoms with Crippen molar-refractivity contribution in [1.82, 2.24) is 0 Å². The van der Waals surface area contributed by atoms with Gasteiger partial charge >= 0.3 is 23.9 Å². The van der Waals surface area contributed by atoms with Crippen molar-refractivity contribution < 1.29 is 48.0 Å². The molecule has 0 saturated carbocycles. The highest BCUT2D eigenvalue weighted by Gasteiger charge is 2.65. The summed E-state index contributed by atoms with van der Waals surface area (Å²) in [5.74, 6) is -5.03. The van der Waals surface area contributed by atoms with Crippen LogP contribution in [-0.2, 0) is 42.9 Å². The largest absolute Gasteiger partial charge is 0.466 e. The third kappa shape index (κ3) is 4.78. The van der Waals surface area contributed by atoms with E-state index in [-0.39, 0.29) is 11.1 Å². The number of ether oxygens (including phenoxy) is 5. The van der Waals surface area contributed by atoms with Gasteiger partial charge in [-0.1, -0.05) is 12.7 Å². The molecule has 182 valence electrons. The van der Waals surface area contributed by atoms with E-state index in [1.807, 2.05) is 6.92 Å². The van der Waals surface area contributed by atoms with Crippen LogP contribution in [0.3, 0.4) is 0 Å². The van der Waals surface area contributed by atoms with E-state index >= 15 is 0 Å². The number of alkyl halides is 1. The fourth-order valence-electron chi connectivity index (χ4n) is 4.18. The minimum Gasteiger partial charge on any atom is -0.466 e. The highest BCUT2D eigenvalue weighted by atomic mass is 35.5. The van der Waals surface area contributed by atoms with Crippen LogP contribution in [0.4, 0.5) is 0 Å². The predicted octanol–water partition coefficient (Wildman–Crippen LogP) is 0.968. The van der Waals surface area contributed by atoms with Crippen LogP contribution < -0.4 is 0 Å². The Morgan fingerprint density at radius 3 is 2.61 bits per heavy atom. The number of halogens is 1. The average molecular weight is 487 g/mol. The molecule has 2 heterocycles. The van der Waals surface area contributed by atoms with Gasteiger partial charge in [0.25, 0.3) is 0 Å². The summed E-state index contributed by atoms with van der Waals surface area (Å²) < 4.78 is 27.3. The maximum absolute atomic E-state index is 12.8. The lowest BCUT2D eigenvalue weighted by Crippen LogP contribution is -2.51. The summed E-state index contributed by atoms with van der Waals surface area (Å²) in [5.41, 5.74) is -2.90. The Balaban J connectivity index is 2.17. The first-order valence-electron chi connectivity index (χ1n) is 10.4. The van der Waals surface area contributed by atoms with Crippen LogP contribution in [0.1, 0.15) is 33.6 Å². The lowest BCUT2D eigenvalue weighted by atomic mass is 9.80. The van der Waals surface area contributed by atoms with Gasteiger partial charge in [-0.3, -0.25) is 4.79 Å². The van der Waals surface area contributed by atoms with Gasteiger partial charge in [0, 0.05) is 12.5 Å². The standard InChI is InChI=1S/C22H27ClO10/c1-10-13-15(32-20(27)21(3,28)9-23)14(30-11(2)24)12(19(26)29-5)7-6-8-22(4)17(33-22)16(13)31-18(10)25/h7,13-17,28H,1,6,8-9H2,2-5H3/b12-7+/t13-,14+,15-,16+,17-,21+,22-/m1/s1. The summed E-state index contributed by atoms with van der Waals surface area (Å²) in [4.78, 5) is 50.0. The van der Waals surface area contributed by atoms with Crippen molar-refractivity contribution in [1.29, 1.82) is 0 Å². The normalized spacial score (nSPS) is 36.7. The number of allylic oxidation sites excluding steroid dienone is 1. The highest BCUT2D eigenvalue weighted by molar-refractivity contribution is 6.20. The molecule has 11 heteroatoms. The lowest BCUT2D eigenvalue weighted by molar-refractivity contribution is -0.183. The van der Waals surface area contributed by atoms with Crippen molar-refractivity contribution in [3.63, 3.8) is 0 Å². The van der Waals surface area contributed by atoms with Crippen molar-refractivity contribution in [3.05, 3.63) is 23.8 Å². The molecule has 2 saturated heterocycles. The smallest absolute Gasteiger partial charge is 0.339 e. The van der Waals surface area contributed by atoms with Crippen molar-refractivity contribution in [2.75, 3.05) is 13.0 Å². The molecule has 0 amide bonds. The SMILES string of the molecule is C=C1C(=O)O[C@H]2[C@H]1[C@@H](OC(=O)[C@@](C)(O)CCl)[C@@H](OC(C)=O)/C(C(=O)OC)=C\CC[C@@]1(C)O[C@H]21. The van der Waals surface area contributed by atoms with Gasteiger partial charge < -0.3 is 28.8 Å². The van der Waals surface area contributed by atoms with Gasteiger partial charge in [-0.15, -0.1) is 11.6 Å². The van der Waals surface area contributed by atoms with Crippen LogP contribution in [0.5, 0.6) is 0 Å². The molecule has 2 aliphatic heterocycles. The molecule has 7 atom stereocenters. The van der Waals surface area contributed by atoms with Crippen LogP contribution in [0.2, 0.25) is 0 Å². The number of esters is 4. The number of epoxide rings is 1. The number of rotatable bonds is 5. The zero-order chi connectivity index (χ0) is 24.7. The van der Waals surface area contributed by atoms with Gasteiger partial charge in [-0.2, -0.15) is 0 Å². The number of methoxy groups -OCH3 is 1. The van der Waals surface area contributed by atoms with E-state index in [2.05, 4.69) is 6.58 Å². The van der Waals surface area contributed by atoms with E-state index in [9.17, 15) is 24.3 Å². The number of fused-ring (bicyclic) bond motifs is 3.